The van der Waals surface area contributed by atoms with Gasteiger partial charge in [-0.25, -0.2) is 4.98 Å². The predicted molar refractivity (Wildman–Crippen MR) is 68.3 cm³/mol. The van der Waals surface area contributed by atoms with E-state index in [1.807, 2.05) is 18.2 Å². The normalized spacial score (nSPS) is 10.3. The summed E-state index contributed by atoms with van der Waals surface area (Å²) in [5.74, 6) is 1.05. The Bertz CT molecular complexity index is 563. The van der Waals surface area contributed by atoms with Crippen molar-refractivity contribution in [3.8, 4) is 17.0 Å². The van der Waals surface area contributed by atoms with Crippen molar-refractivity contribution in [2.75, 3.05) is 7.11 Å². The molecule has 5 heteroatoms. The van der Waals surface area contributed by atoms with Crippen molar-refractivity contribution in [2.45, 2.75) is 6.92 Å². The number of ether oxygens (including phenoxy) is 1. The highest BCUT2D eigenvalue weighted by molar-refractivity contribution is 9.10. The lowest BCUT2D eigenvalue weighted by Crippen LogP contribution is -1.94. The van der Waals surface area contributed by atoms with Crippen molar-refractivity contribution in [2.24, 2.45) is 0 Å². The molecule has 2 aromatic rings. The first-order valence-corrected chi connectivity index (χ1v) is 5.81. The molecule has 0 saturated carbocycles. The van der Waals surface area contributed by atoms with Crippen molar-refractivity contribution < 1.29 is 9.53 Å². The van der Waals surface area contributed by atoms with Crippen molar-refractivity contribution in [1.82, 2.24) is 9.97 Å². The minimum atomic E-state index is -0.0798. The van der Waals surface area contributed by atoms with Crippen molar-refractivity contribution in [1.29, 1.82) is 0 Å². The molecule has 17 heavy (non-hydrogen) atoms. The van der Waals surface area contributed by atoms with E-state index in [2.05, 4.69) is 25.9 Å². The van der Waals surface area contributed by atoms with Gasteiger partial charge in [-0.3, -0.25) is 4.79 Å². The van der Waals surface area contributed by atoms with Crippen LogP contribution < -0.4 is 4.74 Å². The maximum Gasteiger partial charge on any atom is 0.194 e. The van der Waals surface area contributed by atoms with E-state index in [9.17, 15) is 4.79 Å². The highest BCUT2D eigenvalue weighted by atomic mass is 79.9. The highest BCUT2D eigenvalue weighted by Gasteiger charge is 2.08. The molecule has 0 amide bonds. The molecular weight excluding hydrogens is 284 g/mol. The number of nitrogens with one attached hydrogen (secondary N) is 1. The van der Waals surface area contributed by atoms with E-state index in [0.717, 1.165) is 21.5 Å². The number of hydrogen-bond donors (Lipinski definition) is 1. The number of carbonyl (C=O) groups is 1. The summed E-state index contributed by atoms with van der Waals surface area (Å²) in [5.41, 5.74) is 1.75. The summed E-state index contributed by atoms with van der Waals surface area (Å²) in [6.07, 6.45) is 1.64. The van der Waals surface area contributed by atoms with E-state index >= 15 is 0 Å². The standard InChI is InChI=1S/C12H11BrN2O2/c1-7(16)12-14-6-10(15-12)8-3-4-11(17-2)9(13)5-8/h3-6H,1-2H3,(H,14,15). The average molecular weight is 295 g/mol. The number of nitrogens with zero attached hydrogens (tertiary/aromatic N) is 1. The Balaban J connectivity index is 2.39. The van der Waals surface area contributed by atoms with Gasteiger partial charge in [-0.1, -0.05) is 0 Å². The maximum atomic E-state index is 11.1. The van der Waals surface area contributed by atoms with E-state index in [1.165, 1.54) is 6.92 Å². The van der Waals surface area contributed by atoms with Crippen LogP contribution >= 0.6 is 15.9 Å². The second kappa shape index (κ2) is 4.71. The first-order valence-electron chi connectivity index (χ1n) is 5.01. The van der Waals surface area contributed by atoms with Gasteiger partial charge in [-0.2, -0.15) is 0 Å². The Morgan fingerprint density at radius 2 is 2.24 bits per heavy atom. The lowest BCUT2D eigenvalue weighted by molar-refractivity contribution is 0.100. The number of carbonyl (C=O) groups excluding carboxylic acids is 1. The summed E-state index contributed by atoms with van der Waals surface area (Å²) < 4.78 is 6.01. The molecule has 1 heterocycles. The smallest absolute Gasteiger partial charge is 0.194 e. The predicted octanol–water partition coefficient (Wildman–Crippen LogP) is 3.05. The number of Topliss-reactive ketones (excluding diaryl/α,β-unsaturated/α-hetero) is 1. The van der Waals surface area contributed by atoms with Crippen LogP contribution in [0.4, 0.5) is 0 Å². The Morgan fingerprint density at radius 3 is 2.76 bits per heavy atom. The van der Waals surface area contributed by atoms with Crippen LogP contribution in [0.15, 0.2) is 28.9 Å². The van der Waals surface area contributed by atoms with Gasteiger partial charge in [0.1, 0.15) is 5.75 Å². The zero-order valence-electron chi connectivity index (χ0n) is 9.45. The van der Waals surface area contributed by atoms with Gasteiger partial charge < -0.3 is 9.72 Å². The molecule has 0 unspecified atom stereocenters. The quantitative estimate of drug-likeness (QED) is 0.885. The number of hydrogen-bond acceptors (Lipinski definition) is 3. The van der Waals surface area contributed by atoms with Gasteiger partial charge in [0.2, 0.25) is 0 Å². The molecule has 0 aliphatic carbocycles. The summed E-state index contributed by atoms with van der Waals surface area (Å²) in [6, 6.07) is 5.67. The van der Waals surface area contributed by atoms with Crippen LogP contribution in [0.5, 0.6) is 5.75 Å². The monoisotopic (exact) mass is 294 g/mol. The Morgan fingerprint density at radius 1 is 1.47 bits per heavy atom. The third kappa shape index (κ3) is 2.39. The minimum absolute atomic E-state index is 0.0798. The molecule has 0 saturated heterocycles. The maximum absolute atomic E-state index is 11.1. The molecule has 0 spiro atoms. The van der Waals surface area contributed by atoms with Crippen LogP contribution in [-0.2, 0) is 0 Å². The van der Waals surface area contributed by atoms with Crippen LogP contribution in [-0.4, -0.2) is 22.9 Å². The fraction of sp³-hybridized carbons (Fsp3) is 0.167. The van der Waals surface area contributed by atoms with Crippen LogP contribution in [0.1, 0.15) is 17.5 Å². The summed E-state index contributed by atoms with van der Waals surface area (Å²) in [4.78, 5) is 18.1. The molecule has 2 rings (SSSR count). The second-order valence-electron chi connectivity index (χ2n) is 3.55. The summed E-state index contributed by atoms with van der Waals surface area (Å²) >= 11 is 3.41. The van der Waals surface area contributed by atoms with E-state index in [1.54, 1.807) is 13.3 Å². The molecule has 0 bridgehead atoms. The number of imidazole rings is 1. The van der Waals surface area contributed by atoms with Gasteiger partial charge in [0.05, 0.1) is 23.5 Å². The Hall–Kier alpha value is -1.62. The van der Waals surface area contributed by atoms with E-state index in [0.29, 0.717) is 5.82 Å². The Kier molecular flexibility index (Phi) is 3.28. The van der Waals surface area contributed by atoms with Crippen LogP contribution in [0, 0.1) is 0 Å². The third-order valence-corrected chi connectivity index (χ3v) is 2.99. The first kappa shape index (κ1) is 11.9. The third-order valence-electron chi connectivity index (χ3n) is 2.37. The van der Waals surface area contributed by atoms with Crippen molar-refractivity contribution >= 4 is 21.7 Å². The van der Waals surface area contributed by atoms with Crippen LogP contribution in [0.2, 0.25) is 0 Å². The first-order chi connectivity index (χ1) is 8.11. The second-order valence-corrected chi connectivity index (χ2v) is 4.41. The number of ketones is 1. The molecule has 0 aliphatic heterocycles. The summed E-state index contributed by atoms with van der Waals surface area (Å²) in [5, 5.41) is 0. The molecule has 0 radical (unpaired) electrons. The molecular formula is C12H11BrN2O2. The van der Waals surface area contributed by atoms with E-state index in [-0.39, 0.29) is 5.78 Å². The number of H-pyrrole nitrogens is 1. The van der Waals surface area contributed by atoms with Gasteiger partial charge >= 0.3 is 0 Å². The largest absolute Gasteiger partial charge is 0.496 e. The molecule has 1 N–H and O–H groups in total. The molecule has 0 fully saturated rings. The number of aromatic amines is 1. The van der Waals surface area contributed by atoms with Crippen LogP contribution in [0.25, 0.3) is 11.3 Å². The van der Waals surface area contributed by atoms with E-state index in [4.69, 9.17) is 4.74 Å². The lowest BCUT2D eigenvalue weighted by Gasteiger charge is -2.04. The van der Waals surface area contributed by atoms with Crippen LogP contribution in [0.3, 0.4) is 0 Å². The number of halogens is 1. The van der Waals surface area contributed by atoms with Gasteiger partial charge in [-0.15, -0.1) is 0 Å². The lowest BCUT2D eigenvalue weighted by atomic mass is 10.2. The summed E-state index contributed by atoms with van der Waals surface area (Å²) in [7, 11) is 1.61. The molecule has 0 aliphatic rings. The van der Waals surface area contributed by atoms with Crippen molar-refractivity contribution in [3.05, 3.63) is 34.7 Å². The fourth-order valence-electron chi connectivity index (χ4n) is 1.48. The molecule has 4 nitrogen and oxygen atoms in total. The number of benzene rings is 1. The van der Waals surface area contributed by atoms with Gasteiger partial charge in [0, 0.05) is 12.5 Å². The molecule has 1 aromatic heterocycles. The zero-order chi connectivity index (χ0) is 12.4. The van der Waals surface area contributed by atoms with Gasteiger partial charge in [-0.05, 0) is 34.1 Å². The average Bonchev–Trinajstić information content (AvgIpc) is 2.78. The van der Waals surface area contributed by atoms with Gasteiger partial charge in [0.15, 0.2) is 11.6 Å². The number of rotatable bonds is 3. The Labute approximate surface area is 107 Å². The molecule has 0 atom stereocenters. The summed E-state index contributed by atoms with van der Waals surface area (Å²) in [6.45, 7) is 1.48. The molecule has 88 valence electrons. The topological polar surface area (TPSA) is 55.0 Å². The fourth-order valence-corrected chi connectivity index (χ4v) is 2.02. The zero-order valence-corrected chi connectivity index (χ0v) is 11.0. The number of aromatic nitrogens is 2. The van der Waals surface area contributed by atoms with Gasteiger partial charge in [0.25, 0.3) is 0 Å². The molecule has 1 aromatic carbocycles. The number of methoxy groups -OCH3 is 1. The highest BCUT2D eigenvalue weighted by Crippen LogP contribution is 2.29. The minimum Gasteiger partial charge on any atom is -0.496 e. The SMILES string of the molecule is COc1ccc(-c2cnc(C(C)=O)[nH]2)cc1Br. The van der Waals surface area contributed by atoms with Crippen molar-refractivity contribution in [3.63, 3.8) is 0 Å². The van der Waals surface area contributed by atoms with E-state index < -0.39 is 0 Å².